The topological polar surface area (TPSA) is 78.4 Å². The average molecular weight is 338 g/mol. The third-order valence-electron chi connectivity index (χ3n) is 3.16. The van der Waals surface area contributed by atoms with Crippen LogP contribution in [-0.4, -0.2) is 35.3 Å². The highest BCUT2D eigenvalue weighted by molar-refractivity contribution is 5.60. The number of anilines is 2. The zero-order valence-electron chi connectivity index (χ0n) is 13.8. The Morgan fingerprint density at radius 1 is 0.960 bits per heavy atom. The van der Waals surface area contributed by atoms with Crippen molar-refractivity contribution in [2.24, 2.45) is 0 Å². The molecule has 25 heavy (non-hydrogen) atoms. The van der Waals surface area contributed by atoms with E-state index in [0.29, 0.717) is 36.3 Å². The maximum atomic E-state index is 5.80. The van der Waals surface area contributed by atoms with Gasteiger partial charge in [0.2, 0.25) is 0 Å². The molecule has 3 aromatic rings. The van der Waals surface area contributed by atoms with E-state index in [4.69, 9.17) is 14.2 Å². The van der Waals surface area contributed by atoms with Crippen LogP contribution in [0.4, 0.5) is 11.6 Å². The SMILES string of the molecule is COCCOc1cc(Oc2ccccc2)cnc1Nc1cnccn1. The molecule has 0 radical (unpaired) electrons. The normalized spacial score (nSPS) is 10.3. The molecule has 3 rings (SSSR count). The number of hydrogen-bond acceptors (Lipinski definition) is 7. The van der Waals surface area contributed by atoms with Crippen LogP contribution in [0.15, 0.2) is 61.2 Å². The number of para-hydroxylation sites is 1. The predicted octanol–water partition coefficient (Wildman–Crippen LogP) is 3.43. The van der Waals surface area contributed by atoms with Crippen molar-refractivity contribution in [3.05, 3.63) is 61.2 Å². The van der Waals surface area contributed by atoms with Crippen molar-refractivity contribution in [1.29, 1.82) is 0 Å². The molecule has 0 atom stereocenters. The van der Waals surface area contributed by atoms with Crippen LogP contribution in [-0.2, 0) is 4.74 Å². The van der Waals surface area contributed by atoms with Gasteiger partial charge in [-0.15, -0.1) is 0 Å². The minimum atomic E-state index is 0.391. The van der Waals surface area contributed by atoms with Crippen molar-refractivity contribution in [2.45, 2.75) is 0 Å². The van der Waals surface area contributed by atoms with Crippen LogP contribution in [0.2, 0.25) is 0 Å². The van der Waals surface area contributed by atoms with Crippen molar-refractivity contribution in [2.75, 3.05) is 25.6 Å². The molecule has 0 aliphatic carbocycles. The Bertz CT molecular complexity index is 785. The molecule has 0 aliphatic heterocycles. The first-order chi connectivity index (χ1) is 12.3. The lowest BCUT2D eigenvalue weighted by Crippen LogP contribution is -2.07. The van der Waals surface area contributed by atoms with E-state index in [0.717, 1.165) is 5.75 Å². The number of pyridine rings is 1. The third-order valence-corrected chi connectivity index (χ3v) is 3.16. The Morgan fingerprint density at radius 3 is 2.60 bits per heavy atom. The van der Waals surface area contributed by atoms with Crippen LogP contribution in [0.5, 0.6) is 17.2 Å². The van der Waals surface area contributed by atoms with Crippen molar-refractivity contribution in [1.82, 2.24) is 15.0 Å². The molecule has 0 saturated heterocycles. The zero-order valence-corrected chi connectivity index (χ0v) is 13.8. The van der Waals surface area contributed by atoms with Gasteiger partial charge in [-0.3, -0.25) is 4.98 Å². The molecular weight excluding hydrogens is 320 g/mol. The van der Waals surface area contributed by atoms with Gasteiger partial charge in [0.15, 0.2) is 11.6 Å². The first-order valence-electron chi connectivity index (χ1n) is 7.73. The maximum Gasteiger partial charge on any atom is 0.174 e. The molecule has 7 nitrogen and oxygen atoms in total. The molecule has 1 aromatic carbocycles. The molecule has 0 bridgehead atoms. The molecule has 1 N–H and O–H groups in total. The summed E-state index contributed by atoms with van der Waals surface area (Å²) in [5.41, 5.74) is 0. The lowest BCUT2D eigenvalue weighted by atomic mass is 10.3. The maximum absolute atomic E-state index is 5.80. The summed E-state index contributed by atoms with van der Waals surface area (Å²) in [5, 5.41) is 3.08. The van der Waals surface area contributed by atoms with Gasteiger partial charge in [-0.2, -0.15) is 0 Å². The average Bonchev–Trinajstić information content (AvgIpc) is 2.66. The first kappa shape index (κ1) is 16.7. The highest BCUT2D eigenvalue weighted by Crippen LogP contribution is 2.31. The standard InChI is InChI=1S/C18H18N4O3/c1-23-9-10-24-16-11-15(25-14-5-3-2-4-6-14)12-21-18(16)22-17-13-19-7-8-20-17/h2-8,11-13H,9-10H2,1H3,(H,20,21,22). The molecule has 0 amide bonds. The molecule has 0 fully saturated rings. The van der Waals surface area contributed by atoms with Crippen molar-refractivity contribution in [3.8, 4) is 17.2 Å². The van der Waals surface area contributed by atoms with Gasteiger partial charge in [-0.25, -0.2) is 9.97 Å². The number of hydrogen-bond donors (Lipinski definition) is 1. The number of rotatable bonds is 8. The first-order valence-corrected chi connectivity index (χ1v) is 7.73. The number of nitrogens with zero attached hydrogens (tertiary/aromatic N) is 3. The van der Waals surface area contributed by atoms with Crippen molar-refractivity contribution >= 4 is 11.6 Å². The van der Waals surface area contributed by atoms with E-state index in [9.17, 15) is 0 Å². The Labute approximate surface area is 145 Å². The van der Waals surface area contributed by atoms with Crippen LogP contribution in [0, 0.1) is 0 Å². The molecule has 0 aliphatic rings. The molecule has 2 heterocycles. The van der Waals surface area contributed by atoms with Crippen molar-refractivity contribution < 1.29 is 14.2 Å². The van der Waals surface area contributed by atoms with Gasteiger partial charge in [0, 0.05) is 25.6 Å². The van der Waals surface area contributed by atoms with Gasteiger partial charge in [-0.1, -0.05) is 18.2 Å². The number of methoxy groups -OCH3 is 1. The molecule has 2 aromatic heterocycles. The Hall–Kier alpha value is -3.19. The largest absolute Gasteiger partial charge is 0.487 e. The third kappa shape index (κ3) is 4.89. The molecular formula is C18H18N4O3. The summed E-state index contributed by atoms with van der Waals surface area (Å²) < 4.78 is 16.6. The van der Waals surface area contributed by atoms with Gasteiger partial charge in [-0.05, 0) is 12.1 Å². The van der Waals surface area contributed by atoms with Gasteiger partial charge >= 0.3 is 0 Å². The minimum absolute atomic E-state index is 0.391. The van der Waals surface area contributed by atoms with E-state index < -0.39 is 0 Å². The van der Waals surface area contributed by atoms with E-state index >= 15 is 0 Å². The van der Waals surface area contributed by atoms with E-state index in [1.54, 1.807) is 38.0 Å². The second-order valence-corrected chi connectivity index (χ2v) is 4.99. The molecule has 7 heteroatoms. The Balaban J connectivity index is 1.81. The van der Waals surface area contributed by atoms with Crippen LogP contribution in [0.3, 0.4) is 0 Å². The second-order valence-electron chi connectivity index (χ2n) is 4.99. The smallest absolute Gasteiger partial charge is 0.174 e. The van der Waals surface area contributed by atoms with E-state index in [1.165, 1.54) is 0 Å². The summed E-state index contributed by atoms with van der Waals surface area (Å²) in [6.45, 7) is 0.858. The lowest BCUT2D eigenvalue weighted by Gasteiger charge is -2.13. The van der Waals surface area contributed by atoms with Crippen LogP contribution >= 0.6 is 0 Å². The summed E-state index contributed by atoms with van der Waals surface area (Å²) in [4.78, 5) is 12.6. The van der Waals surface area contributed by atoms with Crippen LogP contribution in [0.1, 0.15) is 0 Å². The van der Waals surface area contributed by atoms with E-state index in [-0.39, 0.29) is 0 Å². The Morgan fingerprint density at radius 2 is 1.84 bits per heavy atom. The van der Waals surface area contributed by atoms with Gasteiger partial charge in [0.1, 0.15) is 23.9 Å². The molecule has 0 spiro atoms. The number of benzene rings is 1. The van der Waals surface area contributed by atoms with Gasteiger partial charge < -0.3 is 19.5 Å². The summed E-state index contributed by atoms with van der Waals surface area (Å²) >= 11 is 0. The highest BCUT2D eigenvalue weighted by atomic mass is 16.5. The highest BCUT2D eigenvalue weighted by Gasteiger charge is 2.10. The number of aromatic nitrogens is 3. The summed E-state index contributed by atoms with van der Waals surface area (Å²) in [6.07, 6.45) is 6.43. The summed E-state index contributed by atoms with van der Waals surface area (Å²) in [6, 6.07) is 11.3. The van der Waals surface area contributed by atoms with Crippen molar-refractivity contribution in [3.63, 3.8) is 0 Å². The molecule has 128 valence electrons. The number of nitrogens with one attached hydrogen (secondary N) is 1. The van der Waals surface area contributed by atoms with E-state index in [2.05, 4.69) is 20.3 Å². The fourth-order valence-corrected chi connectivity index (χ4v) is 2.03. The van der Waals surface area contributed by atoms with Crippen LogP contribution < -0.4 is 14.8 Å². The quantitative estimate of drug-likeness (QED) is 0.630. The zero-order chi connectivity index (χ0) is 17.3. The fraction of sp³-hybridized carbons (Fsp3) is 0.167. The van der Waals surface area contributed by atoms with Gasteiger partial charge in [0.25, 0.3) is 0 Å². The fourth-order valence-electron chi connectivity index (χ4n) is 2.03. The monoisotopic (exact) mass is 338 g/mol. The second kappa shape index (κ2) is 8.60. The van der Waals surface area contributed by atoms with Gasteiger partial charge in [0.05, 0.1) is 19.0 Å². The summed E-state index contributed by atoms with van der Waals surface area (Å²) in [5.74, 6) is 2.93. The lowest BCUT2D eigenvalue weighted by molar-refractivity contribution is 0.146. The minimum Gasteiger partial charge on any atom is -0.487 e. The van der Waals surface area contributed by atoms with Crippen LogP contribution in [0.25, 0.3) is 0 Å². The number of ether oxygens (including phenoxy) is 3. The summed E-state index contributed by atoms with van der Waals surface area (Å²) in [7, 11) is 1.62. The molecule has 0 unspecified atom stereocenters. The molecule has 0 saturated carbocycles. The van der Waals surface area contributed by atoms with E-state index in [1.807, 2.05) is 30.3 Å². The predicted molar refractivity (Wildman–Crippen MR) is 93.4 cm³/mol. The Kier molecular flexibility index (Phi) is 5.73.